The zero-order valence-corrected chi connectivity index (χ0v) is 19.5. The molecule has 1 saturated heterocycles. The van der Waals surface area contributed by atoms with Gasteiger partial charge in [-0.3, -0.25) is 9.62 Å². The van der Waals surface area contributed by atoms with Crippen LogP contribution in [-0.2, 0) is 16.6 Å². The van der Waals surface area contributed by atoms with Gasteiger partial charge in [0.15, 0.2) is 11.5 Å². The first-order chi connectivity index (χ1) is 16.4. The average Bonchev–Trinajstić information content (AvgIpc) is 3.29. The van der Waals surface area contributed by atoms with Crippen LogP contribution in [0.25, 0.3) is 0 Å². The monoisotopic (exact) mass is 479 g/mol. The Labute approximate surface area is 198 Å². The Morgan fingerprint density at radius 2 is 1.65 bits per heavy atom. The van der Waals surface area contributed by atoms with Gasteiger partial charge >= 0.3 is 6.03 Å². The second-order valence-corrected chi connectivity index (χ2v) is 10.0. The highest BCUT2D eigenvalue weighted by atomic mass is 32.2. The number of carbonyl (C=O) groups excluding carboxylic acids is 1. The van der Waals surface area contributed by atoms with Crippen molar-refractivity contribution in [3.05, 3.63) is 77.9 Å². The second-order valence-electron chi connectivity index (χ2n) is 8.36. The van der Waals surface area contributed by atoms with Crippen molar-refractivity contribution in [2.45, 2.75) is 24.8 Å². The van der Waals surface area contributed by atoms with Crippen molar-refractivity contribution in [3.8, 4) is 11.5 Å². The Morgan fingerprint density at radius 3 is 2.41 bits per heavy atom. The van der Waals surface area contributed by atoms with Crippen LogP contribution in [-0.4, -0.2) is 39.2 Å². The summed E-state index contributed by atoms with van der Waals surface area (Å²) in [5.74, 6) is 1.41. The highest BCUT2D eigenvalue weighted by Gasteiger charge is 2.27. The predicted octanol–water partition coefficient (Wildman–Crippen LogP) is 4.36. The molecule has 0 saturated carbocycles. The molecule has 1 fully saturated rings. The van der Waals surface area contributed by atoms with Crippen molar-refractivity contribution >= 4 is 27.4 Å². The fraction of sp³-hybridized carbons (Fsp3) is 0.240. The van der Waals surface area contributed by atoms with Gasteiger partial charge in [0.1, 0.15) is 0 Å². The van der Waals surface area contributed by atoms with Crippen LogP contribution < -0.4 is 19.1 Å². The van der Waals surface area contributed by atoms with Crippen molar-refractivity contribution in [2.75, 3.05) is 29.5 Å². The first-order valence-corrected chi connectivity index (χ1v) is 12.5. The number of fused-ring (bicyclic) bond motifs is 1. The molecule has 2 aliphatic rings. The van der Waals surface area contributed by atoms with E-state index >= 15 is 0 Å². The normalized spacial score (nSPS) is 15.5. The smallest absolute Gasteiger partial charge is 0.324 e. The van der Waals surface area contributed by atoms with E-state index in [1.54, 1.807) is 58.3 Å². The average molecular weight is 480 g/mol. The standard InChI is InChI=1S/C25H25N3O5S/c1-18-3-10-22(11-4-18)34(30,31)26-20-6-8-21(9-7-20)28-14-2-13-27(25(28)29)16-19-5-12-23-24(15-19)33-17-32-23/h3-12,15,26H,2,13-14,16-17H2,1H3. The molecular weight excluding hydrogens is 454 g/mol. The molecule has 2 amide bonds. The Morgan fingerprint density at radius 1 is 0.912 bits per heavy atom. The largest absolute Gasteiger partial charge is 0.454 e. The van der Waals surface area contributed by atoms with Gasteiger partial charge in [-0.15, -0.1) is 0 Å². The molecular formula is C25H25N3O5S. The van der Waals surface area contributed by atoms with Crippen LogP contribution in [0.5, 0.6) is 11.5 Å². The summed E-state index contributed by atoms with van der Waals surface area (Å²) in [6.07, 6.45) is 0.831. The summed E-state index contributed by atoms with van der Waals surface area (Å²) in [6.45, 7) is 3.86. The molecule has 0 bridgehead atoms. The predicted molar refractivity (Wildman–Crippen MR) is 129 cm³/mol. The van der Waals surface area contributed by atoms with Gasteiger partial charge in [0.2, 0.25) is 6.79 Å². The Balaban J connectivity index is 1.27. The molecule has 176 valence electrons. The van der Waals surface area contributed by atoms with Crippen molar-refractivity contribution < 1.29 is 22.7 Å². The molecule has 0 radical (unpaired) electrons. The SMILES string of the molecule is Cc1ccc(S(=O)(=O)Nc2ccc(N3CCCN(Cc4ccc5c(c4)OCO5)C3=O)cc2)cc1. The fourth-order valence-electron chi connectivity index (χ4n) is 4.07. The molecule has 0 unspecified atom stereocenters. The molecule has 8 nitrogen and oxygen atoms in total. The van der Waals surface area contributed by atoms with E-state index in [1.165, 1.54) is 0 Å². The van der Waals surface area contributed by atoms with Gasteiger partial charge in [-0.25, -0.2) is 13.2 Å². The highest BCUT2D eigenvalue weighted by Crippen LogP contribution is 2.33. The number of sulfonamides is 1. The van der Waals surface area contributed by atoms with Crippen LogP contribution in [0.2, 0.25) is 0 Å². The third kappa shape index (κ3) is 4.51. The molecule has 0 aromatic heterocycles. The minimum atomic E-state index is -3.68. The van der Waals surface area contributed by atoms with E-state index in [9.17, 15) is 13.2 Å². The lowest BCUT2D eigenvalue weighted by Gasteiger charge is -2.35. The maximum Gasteiger partial charge on any atom is 0.324 e. The highest BCUT2D eigenvalue weighted by molar-refractivity contribution is 7.92. The van der Waals surface area contributed by atoms with Crippen molar-refractivity contribution in [1.29, 1.82) is 0 Å². The molecule has 0 aliphatic carbocycles. The number of hydrogen-bond donors (Lipinski definition) is 1. The van der Waals surface area contributed by atoms with E-state index < -0.39 is 10.0 Å². The van der Waals surface area contributed by atoms with Gasteiger partial charge in [-0.2, -0.15) is 0 Å². The lowest BCUT2D eigenvalue weighted by Crippen LogP contribution is -2.49. The molecule has 9 heteroatoms. The van der Waals surface area contributed by atoms with Gasteiger partial charge in [0.05, 0.1) is 4.90 Å². The molecule has 2 aliphatic heterocycles. The number of ether oxygens (including phenoxy) is 2. The summed E-state index contributed by atoms with van der Waals surface area (Å²) < 4.78 is 38.7. The molecule has 3 aromatic carbocycles. The topological polar surface area (TPSA) is 88.2 Å². The zero-order valence-electron chi connectivity index (χ0n) is 18.7. The van der Waals surface area contributed by atoms with Crippen LogP contribution in [0.1, 0.15) is 17.5 Å². The van der Waals surface area contributed by atoms with E-state index in [0.717, 1.165) is 23.2 Å². The second kappa shape index (κ2) is 8.90. The minimum Gasteiger partial charge on any atom is -0.454 e. The first kappa shape index (κ1) is 22.1. The number of hydrogen-bond acceptors (Lipinski definition) is 5. The van der Waals surface area contributed by atoms with E-state index in [2.05, 4.69) is 4.72 Å². The Kier molecular flexibility index (Phi) is 5.79. The van der Waals surface area contributed by atoms with E-state index in [1.807, 2.05) is 25.1 Å². The van der Waals surface area contributed by atoms with Crippen LogP contribution in [0.3, 0.4) is 0 Å². The third-order valence-electron chi connectivity index (χ3n) is 5.88. The number of urea groups is 1. The maximum atomic E-state index is 13.2. The van der Waals surface area contributed by atoms with E-state index in [4.69, 9.17) is 9.47 Å². The van der Waals surface area contributed by atoms with Gasteiger partial charge in [0.25, 0.3) is 10.0 Å². The van der Waals surface area contributed by atoms with Crippen LogP contribution in [0.4, 0.5) is 16.2 Å². The first-order valence-electron chi connectivity index (χ1n) is 11.0. The van der Waals surface area contributed by atoms with Gasteiger partial charge in [0, 0.05) is 31.0 Å². The van der Waals surface area contributed by atoms with Crippen molar-refractivity contribution in [3.63, 3.8) is 0 Å². The summed E-state index contributed by atoms with van der Waals surface area (Å²) >= 11 is 0. The number of carbonyl (C=O) groups is 1. The summed E-state index contributed by atoms with van der Waals surface area (Å²) in [4.78, 5) is 16.9. The van der Waals surface area contributed by atoms with Gasteiger partial charge in [-0.1, -0.05) is 23.8 Å². The van der Waals surface area contributed by atoms with Crippen LogP contribution in [0, 0.1) is 6.92 Å². The van der Waals surface area contributed by atoms with Crippen molar-refractivity contribution in [2.24, 2.45) is 0 Å². The number of benzene rings is 3. The number of aryl methyl sites for hydroxylation is 1. The molecule has 3 aromatic rings. The summed E-state index contributed by atoms with van der Waals surface area (Å²) in [5, 5.41) is 0. The lowest BCUT2D eigenvalue weighted by atomic mass is 10.1. The molecule has 5 rings (SSSR count). The minimum absolute atomic E-state index is 0.0862. The molecule has 2 heterocycles. The van der Waals surface area contributed by atoms with Crippen LogP contribution in [0.15, 0.2) is 71.6 Å². The number of nitrogens with zero attached hydrogens (tertiary/aromatic N) is 2. The Hall–Kier alpha value is -3.72. The maximum absolute atomic E-state index is 13.2. The quantitative estimate of drug-likeness (QED) is 0.568. The number of amides is 2. The lowest BCUT2D eigenvalue weighted by molar-refractivity contribution is 0.173. The fourth-order valence-corrected chi connectivity index (χ4v) is 5.13. The number of anilines is 2. The molecule has 0 spiro atoms. The van der Waals surface area contributed by atoms with E-state index in [-0.39, 0.29) is 17.7 Å². The molecule has 1 N–H and O–H groups in total. The van der Waals surface area contributed by atoms with E-state index in [0.29, 0.717) is 36.8 Å². The summed E-state index contributed by atoms with van der Waals surface area (Å²) in [6, 6.07) is 19.2. The van der Waals surface area contributed by atoms with Gasteiger partial charge < -0.3 is 14.4 Å². The Bertz CT molecular complexity index is 1310. The number of rotatable bonds is 6. The summed E-state index contributed by atoms with van der Waals surface area (Å²) in [5.41, 5.74) is 3.12. The van der Waals surface area contributed by atoms with Crippen LogP contribution >= 0.6 is 0 Å². The number of nitrogens with one attached hydrogen (secondary N) is 1. The third-order valence-corrected chi connectivity index (χ3v) is 7.28. The molecule has 34 heavy (non-hydrogen) atoms. The summed E-state index contributed by atoms with van der Waals surface area (Å²) in [7, 11) is -3.68. The molecule has 0 atom stereocenters. The van der Waals surface area contributed by atoms with Gasteiger partial charge in [-0.05, 0) is 67.4 Å². The zero-order chi connectivity index (χ0) is 23.7. The van der Waals surface area contributed by atoms with Crippen molar-refractivity contribution in [1.82, 2.24) is 4.90 Å².